The molecule has 3 amide bonds. The number of carbonyl (C=O) groups excluding carboxylic acids is 3. The average Bonchev–Trinajstić information content (AvgIpc) is 3.58. The van der Waals surface area contributed by atoms with Crippen molar-refractivity contribution in [2.45, 2.75) is 42.0 Å². The second-order valence-corrected chi connectivity index (χ2v) is 12.6. The molecule has 0 bridgehead atoms. The number of piperidine rings is 1. The summed E-state index contributed by atoms with van der Waals surface area (Å²) in [6.45, 7) is 1.37. The standard InChI is InChI=1S/C25H22ClN3O4S3/c26-14-6-8-15(9-7-14)29-22(31)19-18(16-5-4-12-34-16)21-24(35-20(19)23(29)32)28(25(33)36-21)13-17(30)27-10-2-1-3-11-27/h4-9,12,18-20H,1-3,10-11,13H2/t18-,19-,20+/m0/s1. The molecule has 186 valence electrons. The van der Waals surface area contributed by atoms with Crippen molar-refractivity contribution in [2.24, 2.45) is 5.92 Å². The van der Waals surface area contributed by atoms with Crippen LogP contribution in [0.15, 0.2) is 51.6 Å². The number of imide groups is 1. The van der Waals surface area contributed by atoms with E-state index in [-0.39, 0.29) is 29.1 Å². The van der Waals surface area contributed by atoms with E-state index in [1.165, 1.54) is 32.6 Å². The van der Waals surface area contributed by atoms with Crippen LogP contribution in [-0.2, 0) is 20.9 Å². The van der Waals surface area contributed by atoms with Crippen molar-refractivity contribution in [1.82, 2.24) is 9.47 Å². The van der Waals surface area contributed by atoms with Gasteiger partial charge in [-0.1, -0.05) is 40.8 Å². The van der Waals surface area contributed by atoms with E-state index >= 15 is 0 Å². The Balaban J connectivity index is 1.41. The first-order chi connectivity index (χ1) is 17.4. The first-order valence-corrected chi connectivity index (χ1v) is 14.7. The van der Waals surface area contributed by atoms with Crippen molar-refractivity contribution < 1.29 is 14.4 Å². The molecule has 5 heterocycles. The van der Waals surface area contributed by atoms with Crippen LogP contribution in [0.3, 0.4) is 0 Å². The van der Waals surface area contributed by atoms with E-state index in [1.807, 2.05) is 22.4 Å². The quantitative estimate of drug-likeness (QED) is 0.442. The van der Waals surface area contributed by atoms with Gasteiger partial charge in [-0.2, -0.15) is 0 Å². The normalized spacial score (nSPS) is 23.6. The van der Waals surface area contributed by atoms with Gasteiger partial charge in [0.2, 0.25) is 17.7 Å². The summed E-state index contributed by atoms with van der Waals surface area (Å²) in [6, 6.07) is 10.5. The van der Waals surface area contributed by atoms with Crippen LogP contribution in [0.25, 0.3) is 0 Å². The van der Waals surface area contributed by atoms with Gasteiger partial charge in [0.15, 0.2) is 0 Å². The Hall–Kier alpha value is -2.40. The minimum atomic E-state index is -0.682. The summed E-state index contributed by atoms with van der Waals surface area (Å²) in [5.74, 6) is -1.71. The number of nitrogens with zero attached hydrogens (tertiary/aromatic N) is 3. The van der Waals surface area contributed by atoms with Gasteiger partial charge in [-0.05, 0) is 55.0 Å². The molecular weight excluding hydrogens is 538 g/mol. The number of anilines is 1. The first-order valence-electron chi connectivity index (χ1n) is 11.8. The van der Waals surface area contributed by atoms with Crippen LogP contribution < -0.4 is 9.77 Å². The number of thiazole rings is 1. The topological polar surface area (TPSA) is 79.7 Å². The maximum absolute atomic E-state index is 13.7. The molecule has 11 heteroatoms. The highest BCUT2D eigenvalue weighted by atomic mass is 35.5. The number of hydrogen-bond donors (Lipinski definition) is 0. The van der Waals surface area contributed by atoms with Crippen LogP contribution in [0.5, 0.6) is 0 Å². The second-order valence-electron chi connectivity index (χ2n) is 9.11. The number of likely N-dealkylation sites (tertiary alicyclic amines) is 1. The minimum absolute atomic E-state index is 0.0464. The van der Waals surface area contributed by atoms with Crippen molar-refractivity contribution in [3.8, 4) is 0 Å². The van der Waals surface area contributed by atoms with Gasteiger partial charge >= 0.3 is 4.87 Å². The van der Waals surface area contributed by atoms with E-state index in [0.29, 0.717) is 28.8 Å². The molecule has 0 saturated carbocycles. The van der Waals surface area contributed by atoms with Crippen molar-refractivity contribution >= 4 is 69.4 Å². The van der Waals surface area contributed by atoms with Crippen molar-refractivity contribution in [3.63, 3.8) is 0 Å². The molecule has 6 rings (SSSR count). The monoisotopic (exact) mass is 559 g/mol. The van der Waals surface area contributed by atoms with Gasteiger partial charge in [-0.15, -0.1) is 11.3 Å². The van der Waals surface area contributed by atoms with Gasteiger partial charge in [0.25, 0.3) is 0 Å². The average molecular weight is 560 g/mol. The third kappa shape index (κ3) is 3.95. The summed E-state index contributed by atoms with van der Waals surface area (Å²) in [5.41, 5.74) is 0.482. The Morgan fingerprint density at radius 2 is 1.75 bits per heavy atom. The van der Waals surface area contributed by atoms with Crippen LogP contribution in [-0.4, -0.2) is 45.5 Å². The zero-order valence-corrected chi connectivity index (χ0v) is 22.3. The zero-order valence-electron chi connectivity index (χ0n) is 19.1. The summed E-state index contributed by atoms with van der Waals surface area (Å²) < 4.78 is 1.52. The Morgan fingerprint density at radius 1 is 1.00 bits per heavy atom. The van der Waals surface area contributed by atoms with Crippen LogP contribution in [0, 0.1) is 5.92 Å². The van der Waals surface area contributed by atoms with Gasteiger partial charge in [-0.25, -0.2) is 4.90 Å². The summed E-state index contributed by atoms with van der Waals surface area (Å²) >= 11 is 9.87. The molecule has 2 saturated heterocycles. The molecular formula is C25H22ClN3O4S3. The fraction of sp³-hybridized carbons (Fsp3) is 0.360. The lowest BCUT2D eigenvalue weighted by Crippen LogP contribution is -2.39. The van der Waals surface area contributed by atoms with Crippen LogP contribution in [0.1, 0.15) is 34.9 Å². The van der Waals surface area contributed by atoms with E-state index in [0.717, 1.165) is 40.4 Å². The lowest BCUT2D eigenvalue weighted by atomic mass is 9.87. The van der Waals surface area contributed by atoms with E-state index in [1.54, 1.807) is 24.3 Å². The Bertz CT molecular complexity index is 1390. The maximum atomic E-state index is 13.7. The van der Waals surface area contributed by atoms with Gasteiger partial charge in [0, 0.05) is 33.8 Å². The van der Waals surface area contributed by atoms with Crippen molar-refractivity contribution in [3.05, 3.63) is 66.2 Å². The number of aromatic nitrogens is 1. The Kier molecular flexibility index (Phi) is 6.31. The molecule has 3 aliphatic rings. The van der Waals surface area contributed by atoms with Gasteiger partial charge in [-0.3, -0.25) is 23.7 Å². The minimum Gasteiger partial charge on any atom is -0.341 e. The fourth-order valence-corrected chi connectivity index (χ4v) is 9.10. The lowest BCUT2D eigenvalue weighted by Gasteiger charge is -2.30. The summed E-state index contributed by atoms with van der Waals surface area (Å²) in [6.07, 6.45) is 3.05. The van der Waals surface area contributed by atoms with Crippen molar-refractivity contribution in [1.29, 1.82) is 0 Å². The highest BCUT2D eigenvalue weighted by Crippen LogP contribution is 2.54. The largest absolute Gasteiger partial charge is 0.341 e. The number of hydrogen-bond acceptors (Lipinski definition) is 7. The summed E-state index contributed by atoms with van der Waals surface area (Å²) in [5, 5.41) is 2.40. The molecule has 3 aromatic rings. The van der Waals surface area contributed by atoms with Gasteiger partial charge in [0.1, 0.15) is 11.8 Å². The predicted octanol–water partition coefficient (Wildman–Crippen LogP) is 4.43. The molecule has 0 unspecified atom stereocenters. The van der Waals surface area contributed by atoms with Crippen LogP contribution in [0.2, 0.25) is 5.02 Å². The molecule has 3 aliphatic heterocycles. The van der Waals surface area contributed by atoms with Crippen LogP contribution in [0.4, 0.5) is 5.69 Å². The molecule has 0 spiro atoms. The third-order valence-corrected chi connectivity index (χ3v) is 10.8. The number of thioether (sulfide) groups is 1. The van der Waals surface area contributed by atoms with Gasteiger partial charge in [0.05, 0.1) is 16.6 Å². The summed E-state index contributed by atoms with van der Waals surface area (Å²) in [7, 11) is 0. The first kappa shape index (κ1) is 24.0. The van der Waals surface area contributed by atoms with Crippen LogP contribution >= 0.6 is 46.0 Å². The smallest absolute Gasteiger partial charge is 0.308 e. The van der Waals surface area contributed by atoms with E-state index in [9.17, 15) is 19.2 Å². The predicted molar refractivity (Wildman–Crippen MR) is 142 cm³/mol. The number of carbonyl (C=O) groups is 3. The lowest BCUT2D eigenvalue weighted by molar-refractivity contribution is -0.133. The summed E-state index contributed by atoms with van der Waals surface area (Å²) in [4.78, 5) is 58.1. The number of rotatable bonds is 4. The zero-order chi connectivity index (χ0) is 25.0. The Labute approximate surface area is 224 Å². The highest BCUT2D eigenvalue weighted by Gasteiger charge is 2.57. The number of halogens is 1. The Morgan fingerprint density at radius 3 is 2.44 bits per heavy atom. The maximum Gasteiger partial charge on any atom is 0.308 e. The second kappa shape index (κ2) is 9.48. The van der Waals surface area contributed by atoms with E-state index in [4.69, 9.17) is 11.6 Å². The molecule has 2 fully saturated rings. The molecule has 0 aliphatic carbocycles. The number of thiophene rings is 1. The SMILES string of the molecule is O=C(Cn1c2c(sc1=O)[C@@H](c1cccs1)[C@@H]1C(=O)N(c3ccc(Cl)cc3)C(=O)[C@@H]1S2)N1CCCCC1. The number of benzene rings is 1. The fourth-order valence-electron chi connectivity index (χ4n) is 5.25. The van der Waals surface area contributed by atoms with E-state index < -0.39 is 17.1 Å². The molecule has 0 N–H and O–H groups in total. The third-order valence-electron chi connectivity index (χ3n) is 6.99. The number of fused-ring (bicyclic) bond motifs is 2. The van der Waals surface area contributed by atoms with Gasteiger partial charge < -0.3 is 4.90 Å². The molecule has 1 aromatic carbocycles. The molecule has 36 heavy (non-hydrogen) atoms. The highest BCUT2D eigenvalue weighted by molar-refractivity contribution is 8.00. The molecule has 7 nitrogen and oxygen atoms in total. The van der Waals surface area contributed by atoms with E-state index in [2.05, 4.69) is 0 Å². The molecule has 0 radical (unpaired) electrons. The molecule has 3 atom stereocenters. The number of amides is 3. The molecule has 2 aromatic heterocycles. The van der Waals surface area contributed by atoms with Crippen molar-refractivity contribution in [2.75, 3.05) is 18.0 Å².